The molecule has 4 heterocycles. The Hall–Kier alpha value is -5.33. The number of nitrogens with zero attached hydrogens (tertiary/aromatic N) is 5. The highest BCUT2D eigenvalue weighted by atomic mass is 16.5. The van der Waals surface area contributed by atoms with Gasteiger partial charge in [0.15, 0.2) is 0 Å². The third-order valence-corrected chi connectivity index (χ3v) is 7.38. The Labute approximate surface area is 254 Å². The molecule has 5 N–H and O–H groups in total. The number of aromatic nitrogens is 4. The van der Waals surface area contributed by atoms with E-state index in [0.29, 0.717) is 52.0 Å². The van der Waals surface area contributed by atoms with Gasteiger partial charge in [0.2, 0.25) is 5.95 Å². The van der Waals surface area contributed by atoms with Crippen molar-refractivity contribution < 1.29 is 14.3 Å². The van der Waals surface area contributed by atoms with Gasteiger partial charge in [0.1, 0.15) is 5.65 Å². The summed E-state index contributed by atoms with van der Waals surface area (Å²) in [4.78, 5) is 41.7. The van der Waals surface area contributed by atoms with E-state index in [1.165, 1.54) is 0 Å². The molecule has 2 aromatic carbocycles. The number of benzene rings is 2. The second-order valence-corrected chi connectivity index (χ2v) is 10.4. The van der Waals surface area contributed by atoms with Crippen LogP contribution < -0.4 is 21.7 Å². The number of amides is 2. The number of fused-ring (bicyclic) bond motifs is 1. The molecule has 0 spiro atoms. The number of carbonyl (C=O) groups excluding carboxylic acids is 2. The number of hydrogen-bond donors (Lipinski definition) is 4. The van der Waals surface area contributed by atoms with Gasteiger partial charge in [-0.25, -0.2) is 15.0 Å². The number of hydrogen-bond acceptors (Lipinski definition) is 9. The van der Waals surface area contributed by atoms with Crippen molar-refractivity contribution in [3.8, 4) is 11.4 Å². The van der Waals surface area contributed by atoms with Gasteiger partial charge in [-0.15, -0.1) is 0 Å². The molecule has 1 aliphatic heterocycles. The lowest BCUT2D eigenvalue weighted by Gasteiger charge is -2.26. The molecule has 44 heavy (non-hydrogen) atoms. The van der Waals surface area contributed by atoms with Crippen LogP contribution in [0.15, 0.2) is 79.1 Å². The topological polar surface area (TPSA) is 152 Å². The van der Waals surface area contributed by atoms with Crippen LogP contribution in [0.1, 0.15) is 26.4 Å². The van der Waals surface area contributed by atoms with Crippen molar-refractivity contribution in [1.29, 1.82) is 0 Å². The Morgan fingerprint density at radius 2 is 1.70 bits per heavy atom. The number of imidazole rings is 1. The minimum absolute atomic E-state index is 0.146. The Kier molecular flexibility index (Phi) is 8.43. The van der Waals surface area contributed by atoms with E-state index in [2.05, 4.69) is 30.8 Å². The number of ether oxygens (including phenoxy) is 1. The summed E-state index contributed by atoms with van der Waals surface area (Å²) >= 11 is 0. The first-order valence-electron chi connectivity index (χ1n) is 14.4. The van der Waals surface area contributed by atoms with Crippen LogP contribution in [0.25, 0.3) is 17.0 Å². The van der Waals surface area contributed by atoms with E-state index in [0.717, 1.165) is 44.2 Å². The van der Waals surface area contributed by atoms with Crippen LogP contribution in [0.2, 0.25) is 0 Å². The lowest BCUT2D eigenvalue weighted by atomic mass is 10.2. The molecule has 6 rings (SSSR count). The molecule has 1 saturated heterocycles. The Bertz CT molecular complexity index is 1800. The number of nitrogen functional groups attached to an aromatic ring is 1. The summed E-state index contributed by atoms with van der Waals surface area (Å²) in [6, 6.07) is 19.5. The van der Waals surface area contributed by atoms with Crippen molar-refractivity contribution in [1.82, 2.24) is 29.6 Å². The smallest absolute Gasteiger partial charge is 0.255 e. The van der Waals surface area contributed by atoms with Gasteiger partial charge in [-0.3, -0.25) is 18.9 Å². The van der Waals surface area contributed by atoms with E-state index >= 15 is 0 Å². The number of pyridine rings is 1. The third kappa shape index (κ3) is 6.51. The van der Waals surface area contributed by atoms with Gasteiger partial charge in [-0.2, -0.15) is 0 Å². The molecule has 0 radical (unpaired) electrons. The summed E-state index contributed by atoms with van der Waals surface area (Å²) in [5.41, 5.74) is 11.6. The molecular formula is C32H33N9O3. The zero-order chi connectivity index (χ0) is 30.5. The van der Waals surface area contributed by atoms with Crippen LogP contribution in [0.3, 0.4) is 0 Å². The quantitative estimate of drug-likeness (QED) is 0.188. The highest BCUT2D eigenvalue weighted by Gasteiger charge is 2.17. The molecule has 1 fully saturated rings. The fourth-order valence-electron chi connectivity index (χ4n) is 5.05. The summed E-state index contributed by atoms with van der Waals surface area (Å²) in [5.74, 6) is -0.0315. The highest BCUT2D eigenvalue weighted by Crippen LogP contribution is 2.25. The van der Waals surface area contributed by atoms with Gasteiger partial charge in [-0.1, -0.05) is 12.1 Å². The maximum Gasteiger partial charge on any atom is 0.255 e. The molecule has 0 unspecified atom stereocenters. The van der Waals surface area contributed by atoms with Gasteiger partial charge in [0.25, 0.3) is 11.8 Å². The summed E-state index contributed by atoms with van der Waals surface area (Å²) in [6.07, 6.45) is 3.45. The van der Waals surface area contributed by atoms with Crippen molar-refractivity contribution in [2.75, 3.05) is 55.8 Å². The number of para-hydroxylation sites is 2. The predicted molar refractivity (Wildman–Crippen MR) is 169 cm³/mol. The minimum Gasteiger partial charge on any atom is -0.397 e. The fourth-order valence-corrected chi connectivity index (χ4v) is 5.05. The standard InChI is InChI=1S/C32H33N9O3/c1-21-29(41-20-23(8-11-28(41)36-21)30(42)34-14-15-40-16-18-44-19-17-40)27-12-13-35-32(39-27)37-24-9-6-22(7-10-24)31(43)38-26-5-3-2-4-25(26)33/h2-13,20H,14-19,33H2,1H3,(H,34,42)(H,38,43)(H,35,37,39). The summed E-state index contributed by atoms with van der Waals surface area (Å²) < 4.78 is 7.27. The van der Waals surface area contributed by atoms with Gasteiger partial charge >= 0.3 is 0 Å². The SMILES string of the molecule is Cc1nc2ccc(C(=O)NCCN3CCOCC3)cn2c1-c1ccnc(Nc2ccc(C(=O)Nc3ccccc3N)cc2)n1. The number of nitrogens with one attached hydrogen (secondary N) is 3. The molecule has 1 aliphatic rings. The number of carbonyl (C=O) groups is 2. The van der Waals surface area contributed by atoms with Crippen LogP contribution in [-0.2, 0) is 4.74 Å². The van der Waals surface area contributed by atoms with Crippen LogP contribution >= 0.6 is 0 Å². The first-order chi connectivity index (χ1) is 21.4. The molecule has 0 aliphatic carbocycles. The van der Waals surface area contributed by atoms with Crippen molar-refractivity contribution in [3.63, 3.8) is 0 Å². The van der Waals surface area contributed by atoms with Crippen LogP contribution in [0.5, 0.6) is 0 Å². The van der Waals surface area contributed by atoms with Crippen molar-refractivity contribution in [3.05, 3.63) is 95.9 Å². The lowest BCUT2D eigenvalue weighted by molar-refractivity contribution is 0.0383. The van der Waals surface area contributed by atoms with Crippen molar-refractivity contribution in [2.24, 2.45) is 0 Å². The second-order valence-electron chi connectivity index (χ2n) is 10.4. The van der Waals surface area contributed by atoms with E-state index in [9.17, 15) is 9.59 Å². The molecule has 12 nitrogen and oxygen atoms in total. The summed E-state index contributed by atoms with van der Waals surface area (Å²) in [5, 5.41) is 9.04. The van der Waals surface area contributed by atoms with Crippen LogP contribution in [-0.4, -0.2) is 75.5 Å². The Balaban J connectivity index is 1.15. The Morgan fingerprint density at radius 1 is 0.932 bits per heavy atom. The average Bonchev–Trinajstić information content (AvgIpc) is 3.38. The zero-order valence-electron chi connectivity index (χ0n) is 24.3. The average molecular weight is 592 g/mol. The largest absolute Gasteiger partial charge is 0.397 e. The molecule has 2 amide bonds. The van der Waals surface area contributed by atoms with Gasteiger partial charge in [-0.05, 0) is 61.5 Å². The molecule has 0 atom stereocenters. The van der Waals surface area contributed by atoms with E-state index in [4.69, 9.17) is 15.5 Å². The molecule has 3 aromatic heterocycles. The van der Waals surface area contributed by atoms with E-state index in [1.54, 1.807) is 60.9 Å². The fraction of sp³-hybridized carbons (Fsp3) is 0.219. The highest BCUT2D eigenvalue weighted by molar-refractivity contribution is 6.05. The van der Waals surface area contributed by atoms with Gasteiger partial charge in [0.05, 0.1) is 47.2 Å². The number of rotatable bonds is 9. The first kappa shape index (κ1) is 28.8. The monoisotopic (exact) mass is 591 g/mol. The number of anilines is 4. The van der Waals surface area contributed by atoms with Gasteiger partial charge in [0, 0.05) is 49.8 Å². The van der Waals surface area contributed by atoms with E-state index in [1.807, 2.05) is 29.5 Å². The molecule has 0 saturated carbocycles. The molecular weight excluding hydrogens is 558 g/mol. The minimum atomic E-state index is -0.263. The van der Waals surface area contributed by atoms with E-state index < -0.39 is 0 Å². The summed E-state index contributed by atoms with van der Waals surface area (Å²) in [6.45, 7) is 6.45. The van der Waals surface area contributed by atoms with Crippen molar-refractivity contribution >= 4 is 40.5 Å². The number of nitrogens with two attached hydrogens (primary N) is 1. The normalized spacial score (nSPS) is 13.5. The second kappa shape index (κ2) is 12.9. The first-order valence-corrected chi connectivity index (χ1v) is 14.4. The molecule has 0 bridgehead atoms. The molecule has 224 valence electrons. The third-order valence-electron chi connectivity index (χ3n) is 7.38. The van der Waals surface area contributed by atoms with Gasteiger partial charge < -0.3 is 26.4 Å². The maximum absolute atomic E-state index is 13.0. The zero-order valence-corrected chi connectivity index (χ0v) is 24.3. The van der Waals surface area contributed by atoms with E-state index in [-0.39, 0.29) is 11.8 Å². The molecule has 12 heteroatoms. The van der Waals surface area contributed by atoms with Crippen molar-refractivity contribution in [2.45, 2.75) is 6.92 Å². The number of aryl methyl sites for hydroxylation is 1. The molecule has 5 aromatic rings. The summed E-state index contributed by atoms with van der Waals surface area (Å²) in [7, 11) is 0. The number of morpholine rings is 1. The Morgan fingerprint density at radius 3 is 2.50 bits per heavy atom. The maximum atomic E-state index is 13.0. The predicted octanol–water partition coefficient (Wildman–Crippen LogP) is 3.74. The van der Waals surface area contributed by atoms with Crippen LogP contribution in [0, 0.1) is 6.92 Å². The lowest BCUT2D eigenvalue weighted by Crippen LogP contribution is -2.41. The van der Waals surface area contributed by atoms with Crippen LogP contribution in [0.4, 0.5) is 23.0 Å².